The molecule has 0 saturated heterocycles. The number of hydrogen-bond donors (Lipinski definition) is 2. The van der Waals surface area contributed by atoms with Crippen LogP contribution in [0.3, 0.4) is 0 Å². The van der Waals surface area contributed by atoms with E-state index >= 15 is 0 Å². The largest absolute Gasteiger partial charge is 0.495 e. The van der Waals surface area contributed by atoms with Gasteiger partial charge in [-0.2, -0.15) is 0 Å². The Morgan fingerprint density at radius 1 is 1.00 bits per heavy atom. The molecule has 3 aromatic rings. The molecule has 0 aromatic heterocycles. The van der Waals surface area contributed by atoms with Gasteiger partial charge < -0.3 is 4.74 Å². The first-order valence-corrected chi connectivity index (χ1v) is 10.7. The van der Waals surface area contributed by atoms with Crippen LogP contribution in [0.5, 0.6) is 5.75 Å². The number of halogens is 1. The molecule has 0 atom stereocenters. The van der Waals surface area contributed by atoms with Gasteiger partial charge in [0.05, 0.1) is 24.4 Å². The zero-order chi connectivity index (χ0) is 21.6. The van der Waals surface area contributed by atoms with Crippen molar-refractivity contribution in [3.8, 4) is 5.75 Å². The zero-order valence-electron chi connectivity index (χ0n) is 16.0. The second-order valence-corrected chi connectivity index (χ2v) is 8.21. The van der Waals surface area contributed by atoms with Gasteiger partial charge in [-0.3, -0.25) is 14.4 Å². The molecule has 0 radical (unpaired) electrons. The normalized spacial score (nSPS) is 11.0. The summed E-state index contributed by atoms with van der Waals surface area (Å²) in [4.78, 5) is 17.3. The highest BCUT2D eigenvalue weighted by Gasteiger charge is 2.22. The summed E-state index contributed by atoms with van der Waals surface area (Å²) in [6, 6.07) is 19.8. The van der Waals surface area contributed by atoms with E-state index in [1.165, 1.54) is 25.3 Å². The summed E-state index contributed by atoms with van der Waals surface area (Å²) in [6.07, 6.45) is 0. The number of nitrogens with one attached hydrogen (secondary N) is 2. The highest BCUT2D eigenvalue weighted by Crippen LogP contribution is 2.29. The minimum Gasteiger partial charge on any atom is -0.495 e. The topological polar surface area (TPSA) is 93.7 Å². The molecular weight excluding hydrogens is 428 g/mol. The van der Waals surface area contributed by atoms with Gasteiger partial charge in [0.25, 0.3) is 15.9 Å². The van der Waals surface area contributed by atoms with E-state index in [-0.39, 0.29) is 27.8 Å². The van der Waals surface area contributed by atoms with Crippen molar-refractivity contribution >= 4 is 33.2 Å². The smallest absolute Gasteiger partial charge is 0.274 e. The number of sulfonamides is 1. The van der Waals surface area contributed by atoms with Crippen molar-refractivity contribution in [3.05, 3.63) is 88.9 Å². The van der Waals surface area contributed by atoms with E-state index in [1.807, 2.05) is 30.3 Å². The standard InChI is InChI=1S/C21H19ClN2O5S/c1-28-19-10-6-5-9-18(19)24-30(26,27)20-13-16(11-12-17(20)22)21(25)23-29-14-15-7-3-2-4-8-15/h2-13,24H,14H2,1H3,(H,23,25). The van der Waals surface area contributed by atoms with Crippen LogP contribution in [0.4, 0.5) is 5.69 Å². The van der Waals surface area contributed by atoms with E-state index < -0.39 is 15.9 Å². The predicted molar refractivity (Wildman–Crippen MR) is 114 cm³/mol. The molecule has 3 aromatic carbocycles. The van der Waals surface area contributed by atoms with Crippen molar-refractivity contribution < 1.29 is 22.8 Å². The maximum absolute atomic E-state index is 12.9. The molecule has 0 spiro atoms. The number of hydroxylamine groups is 1. The van der Waals surface area contributed by atoms with E-state index in [0.29, 0.717) is 5.75 Å². The van der Waals surface area contributed by atoms with Gasteiger partial charge in [-0.05, 0) is 35.9 Å². The molecule has 3 rings (SSSR count). The van der Waals surface area contributed by atoms with Crippen LogP contribution < -0.4 is 14.9 Å². The molecule has 0 saturated carbocycles. The molecule has 9 heteroatoms. The number of ether oxygens (including phenoxy) is 1. The zero-order valence-corrected chi connectivity index (χ0v) is 17.5. The molecule has 2 N–H and O–H groups in total. The van der Waals surface area contributed by atoms with Crippen LogP contribution in [0.1, 0.15) is 15.9 Å². The second kappa shape index (κ2) is 9.62. The molecule has 156 valence electrons. The van der Waals surface area contributed by atoms with Crippen LogP contribution in [0.2, 0.25) is 5.02 Å². The molecular formula is C21H19ClN2O5S. The molecule has 30 heavy (non-hydrogen) atoms. The lowest BCUT2D eigenvalue weighted by molar-refractivity contribution is 0.0233. The summed E-state index contributed by atoms with van der Waals surface area (Å²) >= 11 is 6.10. The third kappa shape index (κ3) is 5.29. The SMILES string of the molecule is COc1ccccc1NS(=O)(=O)c1cc(C(=O)NOCc2ccccc2)ccc1Cl. The van der Waals surface area contributed by atoms with E-state index in [2.05, 4.69) is 10.2 Å². The Labute approximate surface area is 179 Å². The Morgan fingerprint density at radius 3 is 2.43 bits per heavy atom. The van der Waals surface area contributed by atoms with Crippen molar-refractivity contribution in [1.82, 2.24) is 5.48 Å². The van der Waals surface area contributed by atoms with Crippen LogP contribution in [0.25, 0.3) is 0 Å². The average Bonchev–Trinajstić information content (AvgIpc) is 2.74. The number of methoxy groups -OCH3 is 1. The van der Waals surface area contributed by atoms with Crippen LogP contribution >= 0.6 is 11.6 Å². The molecule has 0 bridgehead atoms. The number of carbonyl (C=O) groups is 1. The van der Waals surface area contributed by atoms with Crippen LogP contribution in [0.15, 0.2) is 77.7 Å². The minimum absolute atomic E-state index is 0.0286. The van der Waals surface area contributed by atoms with Gasteiger partial charge in [0.1, 0.15) is 10.6 Å². The van der Waals surface area contributed by atoms with Gasteiger partial charge in [-0.1, -0.05) is 54.1 Å². The van der Waals surface area contributed by atoms with E-state index in [4.69, 9.17) is 21.2 Å². The third-order valence-electron chi connectivity index (χ3n) is 4.08. The minimum atomic E-state index is -4.08. The van der Waals surface area contributed by atoms with Crippen molar-refractivity contribution in [2.45, 2.75) is 11.5 Å². The summed E-state index contributed by atoms with van der Waals surface area (Å²) < 4.78 is 33.3. The number of rotatable bonds is 8. The fourth-order valence-corrected chi connectivity index (χ4v) is 4.19. The summed E-state index contributed by atoms with van der Waals surface area (Å²) in [5, 5.41) is -0.0286. The molecule has 0 unspecified atom stereocenters. The lowest BCUT2D eigenvalue weighted by atomic mass is 10.2. The second-order valence-electron chi connectivity index (χ2n) is 6.16. The van der Waals surface area contributed by atoms with E-state index in [9.17, 15) is 13.2 Å². The van der Waals surface area contributed by atoms with Gasteiger partial charge in [0, 0.05) is 5.56 Å². The number of para-hydroxylation sites is 2. The van der Waals surface area contributed by atoms with Crippen LogP contribution in [-0.4, -0.2) is 21.4 Å². The predicted octanol–water partition coefficient (Wildman–Crippen LogP) is 4.01. The Morgan fingerprint density at radius 2 is 1.70 bits per heavy atom. The summed E-state index contributed by atoms with van der Waals surface area (Å²) in [5.74, 6) is -0.253. The number of carbonyl (C=O) groups excluding carboxylic acids is 1. The lowest BCUT2D eigenvalue weighted by Crippen LogP contribution is -2.24. The highest BCUT2D eigenvalue weighted by molar-refractivity contribution is 7.92. The Hall–Kier alpha value is -3.07. The molecule has 0 aliphatic heterocycles. The van der Waals surface area contributed by atoms with Crippen molar-refractivity contribution in [2.24, 2.45) is 0 Å². The number of benzene rings is 3. The van der Waals surface area contributed by atoms with E-state index in [1.54, 1.807) is 24.3 Å². The van der Waals surface area contributed by atoms with Crippen molar-refractivity contribution in [3.63, 3.8) is 0 Å². The van der Waals surface area contributed by atoms with Crippen molar-refractivity contribution in [1.29, 1.82) is 0 Å². The first kappa shape index (κ1) is 21.6. The monoisotopic (exact) mass is 446 g/mol. The lowest BCUT2D eigenvalue weighted by Gasteiger charge is -2.13. The summed E-state index contributed by atoms with van der Waals surface area (Å²) in [7, 11) is -2.65. The molecule has 0 aliphatic rings. The Bertz CT molecular complexity index is 1140. The van der Waals surface area contributed by atoms with Gasteiger partial charge in [0.2, 0.25) is 0 Å². The molecule has 1 amide bonds. The third-order valence-corrected chi connectivity index (χ3v) is 5.93. The number of hydrogen-bond acceptors (Lipinski definition) is 5. The van der Waals surface area contributed by atoms with Gasteiger partial charge in [-0.25, -0.2) is 13.9 Å². The summed E-state index contributed by atoms with van der Waals surface area (Å²) in [5.41, 5.74) is 3.49. The highest BCUT2D eigenvalue weighted by atomic mass is 35.5. The molecule has 0 fully saturated rings. The molecule has 0 aliphatic carbocycles. The first-order chi connectivity index (χ1) is 14.4. The number of anilines is 1. The van der Waals surface area contributed by atoms with E-state index in [0.717, 1.165) is 5.56 Å². The Kier molecular flexibility index (Phi) is 6.94. The summed E-state index contributed by atoms with van der Waals surface area (Å²) in [6.45, 7) is 0.167. The first-order valence-electron chi connectivity index (χ1n) is 8.82. The quantitative estimate of drug-likeness (QED) is 0.510. The molecule has 7 nitrogen and oxygen atoms in total. The maximum Gasteiger partial charge on any atom is 0.274 e. The van der Waals surface area contributed by atoms with Gasteiger partial charge >= 0.3 is 0 Å². The van der Waals surface area contributed by atoms with Crippen LogP contribution in [-0.2, 0) is 21.5 Å². The maximum atomic E-state index is 12.9. The molecule has 0 heterocycles. The fraction of sp³-hybridized carbons (Fsp3) is 0.0952. The van der Waals surface area contributed by atoms with Gasteiger partial charge in [0.15, 0.2) is 0 Å². The number of amides is 1. The van der Waals surface area contributed by atoms with Crippen LogP contribution in [0, 0.1) is 0 Å². The Balaban J connectivity index is 1.76. The fourth-order valence-electron chi connectivity index (χ4n) is 2.60. The van der Waals surface area contributed by atoms with Gasteiger partial charge in [-0.15, -0.1) is 0 Å². The average molecular weight is 447 g/mol. The van der Waals surface area contributed by atoms with Crippen molar-refractivity contribution in [2.75, 3.05) is 11.8 Å².